The molecule has 1 aliphatic heterocycles. The number of likely N-dealkylation sites (tertiary alicyclic amines) is 1. The number of nitrogens with zero attached hydrogens (tertiary/aromatic N) is 3. The Kier molecular flexibility index (Phi) is 4.50. The number of carbonyl (C=O) groups is 1. The van der Waals surface area contributed by atoms with Gasteiger partial charge in [0.2, 0.25) is 0 Å². The first-order chi connectivity index (χ1) is 12.9. The summed E-state index contributed by atoms with van der Waals surface area (Å²) in [4.78, 5) is 20.4. The van der Waals surface area contributed by atoms with Gasteiger partial charge in [-0.3, -0.25) is 9.20 Å². The van der Waals surface area contributed by atoms with Crippen LogP contribution in [0.1, 0.15) is 41.9 Å². The zero-order chi connectivity index (χ0) is 19.1. The number of pyridine rings is 1. The molecule has 1 saturated heterocycles. The molecule has 0 radical (unpaired) electrons. The molecule has 4 rings (SSSR count). The molecule has 2 aromatic heterocycles. The number of piperidine rings is 1. The second kappa shape index (κ2) is 6.84. The minimum absolute atomic E-state index is 0.0853. The van der Waals surface area contributed by atoms with Crippen LogP contribution in [-0.4, -0.2) is 33.3 Å². The summed E-state index contributed by atoms with van der Waals surface area (Å²) >= 11 is 0. The van der Waals surface area contributed by atoms with Gasteiger partial charge in [0.1, 0.15) is 17.0 Å². The van der Waals surface area contributed by atoms with Crippen LogP contribution in [0, 0.1) is 25.7 Å². The summed E-state index contributed by atoms with van der Waals surface area (Å²) in [5.41, 5.74) is 5.58. The molecule has 2 unspecified atom stereocenters. The second-order valence-corrected chi connectivity index (χ2v) is 8.27. The quantitative estimate of drug-likeness (QED) is 0.661. The summed E-state index contributed by atoms with van der Waals surface area (Å²) in [6.07, 6.45) is 3.20. The third kappa shape index (κ3) is 3.36. The summed E-state index contributed by atoms with van der Waals surface area (Å²) in [6.45, 7) is 10.2. The fourth-order valence-electron chi connectivity index (χ4n) is 4.25. The molecule has 1 aliphatic rings. The van der Waals surface area contributed by atoms with Gasteiger partial charge in [0.05, 0.1) is 0 Å². The van der Waals surface area contributed by atoms with Crippen molar-refractivity contribution in [2.45, 2.75) is 34.1 Å². The lowest BCUT2D eigenvalue weighted by molar-refractivity contribution is 0.0617. The van der Waals surface area contributed by atoms with Crippen molar-refractivity contribution in [2.75, 3.05) is 13.1 Å². The van der Waals surface area contributed by atoms with E-state index in [9.17, 15) is 4.79 Å². The number of imidazole rings is 1. The van der Waals surface area contributed by atoms with Gasteiger partial charge in [-0.15, -0.1) is 0 Å². The Balaban J connectivity index is 1.86. The van der Waals surface area contributed by atoms with E-state index < -0.39 is 0 Å². The Labute approximate surface area is 160 Å². The Morgan fingerprint density at radius 3 is 2.26 bits per heavy atom. The lowest BCUT2D eigenvalue weighted by Crippen LogP contribution is -2.43. The van der Waals surface area contributed by atoms with Crippen LogP contribution in [0.5, 0.6) is 0 Å². The summed E-state index contributed by atoms with van der Waals surface area (Å²) in [7, 11) is 0. The minimum atomic E-state index is 0.0853. The largest absolute Gasteiger partial charge is 0.337 e. The van der Waals surface area contributed by atoms with E-state index in [1.54, 1.807) is 0 Å². The highest BCUT2D eigenvalue weighted by atomic mass is 16.2. The van der Waals surface area contributed by atoms with Crippen LogP contribution < -0.4 is 0 Å². The van der Waals surface area contributed by atoms with Crippen molar-refractivity contribution in [3.8, 4) is 11.3 Å². The zero-order valence-electron chi connectivity index (χ0n) is 16.6. The molecule has 1 amide bonds. The SMILES string of the molecule is Cc1ccc(-c2nc3ccc(C)cn3c2C(=O)N2CC(C)CC(C)C2)cc1. The summed E-state index contributed by atoms with van der Waals surface area (Å²) in [5.74, 6) is 1.14. The second-order valence-electron chi connectivity index (χ2n) is 8.27. The molecule has 0 saturated carbocycles. The van der Waals surface area contributed by atoms with Gasteiger partial charge in [0, 0.05) is 24.8 Å². The van der Waals surface area contributed by atoms with Crippen molar-refractivity contribution < 1.29 is 4.79 Å². The Morgan fingerprint density at radius 1 is 0.963 bits per heavy atom. The molecule has 3 aromatic rings. The molecular formula is C23H27N3O. The minimum Gasteiger partial charge on any atom is -0.337 e. The number of hydrogen-bond donors (Lipinski definition) is 0. The van der Waals surface area contributed by atoms with E-state index in [0.29, 0.717) is 17.5 Å². The van der Waals surface area contributed by atoms with Gasteiger partial charge in [-0.05, 0) is 43.7 Å². The molecule has 0 spiro atoms. The van der Waals surface area contributed by atoms with E-state index in [-0.39, 0.29) is 5.91 Å². The topological polar surface area (TPSA) is 37.6 Å². The van der Waals surface area contributed by atoms with Crippen molar-refractivity contribution >= 4 is 11.6 Å². The van der Waals surface area contributed by atoms with E-state index in [1.807, 2.05) is 34.6 Å². The number of aromatic nitrogens is 2. The molecule has 0 bridgehead atoms. The summed E-state index contributed by atoms with van der Waals surface area (Å²) in [6, 6.07) is 12.3. The lowest BCUT2D eigenvalue weighted by atomic mass is 9.91. The molecule has 4 nitrogen and oxygen atoms in total. The van der Waals surface area contributed by atoms with Gasteiger partial charge in [0.25, 0.3) is 5.91 Å². The van der Waals surface area contributed by atoms with Gasteiger partial charge >= 0.3 is 0 Å². The Morgan fingerprint density at radius 2 is 1.59 bits per heavy atom. The maximum atomic E-state index is 13.6. The van der Waals surface area contributed by atoms with Crippen LogP contribution in [0.2, 0.25) is 0 Å². The zero-order valence-corrected chi connectivity index (χ0v) is 16.6. The highest BCUT2D eigenvalue weighted by molar-refractivity contribution is 5.99. The summed E-state index contributed by atoms with van der Waals surface area (Å²) < 4.78 is 1.97. The molecule has 2 atom stereocenters. The number of amides is 1. The first-order valence-electron chi connectivity index (χ1n) is 9.77. The lowest BCUT2D eigenvalue weighted by Gasteiger charge is -2.35. The van der Waals surface area contributed by atoms with Crippen molar-refractivity contribution in [3.63, 3.8) is 0 Å². The number of rotatable bonds is 2. The highest BCUT2D eigenvalue weighted by Crippen LogP contribution is 2.29. The van der Waals surface area contributed by atoms with Gasteiger partial charge < -0.3 is 4.90 Å². The maximum absolute atomic E-state index is 13.6. The number of carbonyl (C=O) groups excluding carboxylic acids is 1. The van der Waals surface area contributed by atoms with E-state index in [1.165, 1.54) is 12.0 Å². The van der Waals surface area contributed by atoms with Crippen LogP contribution in [0.15, 0.2) is 42.6 Å². The fraction of sp³-hybridized carbons (Fsp3) is 0.391. The van der Waals surface area contributed by atoms with Crippen LogP contribution in [0.4, 0.5) is 0 Å². The smallest absolute Gasteiger partial charge is 0.273 e. The molecule has 140 valence electrons. The van der Waals surface area contributed by atoms with Crippen molar-refractivity contribution in [1.82, 2.24) is 14.3 Å². The van der Waals surface area contributed by atoms with Crippen LogP contribution >= 0.6 is 0 Å². The van der Waals surface area contributed by atoms with Crippen LogP contribution in [0.25, 0.3) is 16.9 Å². The average molecular weight is 361 g/mol. The van der Waals surface area contributed by atoms with Gasteiger partial charge in [-0.1, -0.05) is 49.7 Å². The fourth-order valence-corrected chi connectivity index (χ4v) is 4.25. The molecule has 0 N–H and O–H groups in total. The Bertz CT molecular complexity index is 977. The summed E-state index contributed by atoms with van der Waals surface area (Å²) in [5, 5.41) is 0. The van der Waals surface area contributed by atoms with Crippen molar-refractivity contribution in [2.24, 2.45) is 11.8 Å². The standard InChI is InChI=1S/C23H27N3O/c1-15-5-8-19(9-6-15)21-22(26-14-16(2)7-10-20(26)24-21)23(27)25-12-17(3)11-18(4)13-25/h5-10,14,17-18H,11-13H2,1-4H3. The van der Waals surface area contributed by atoms with Gasteiger partial charge in [-0.2, -0.15) is 0 Å². The third-order valence-electron chi connectivity index (χ3n) is 5.45. The predicted molar refractivity (Wildman–Crippen MR) is 109 cm³/mol. The number of hydrogen-bond acceptors (Lipinski definition) is 2. The van der Waals surface area contributed by atoms with Crippen LogP contribution in [-0.2, 0) is 0 Å². The van der Waals surface area contributed by atoms with E-state index >= 15 is 0 Å². The van der Waals surface area contributed by atoms with E-state index in [2.05, 4.69) is 45.0 Å². The number of aryl methyl sites for hydroxylation is 2. The van der Waals surface area contributed by atoms with Gasteiger partial charge in [0.15, 0.2) is 0 Å². The average Bonchev–Trinajstić information content (AvgIpc) is 2.99. The maximum Gasteiger partial charge on any atom is 0.273 e. The Hall–Kier alpha value is -2.62. The molecular weight excluding hydrogens is 334 g/mol. The molecule has 3 heterocycles. The molecule has 1 aromatic carbocycles. The monoisotopic (exact) mass is 361 g/mol. The number of benzene rings is 1. The molecule has 0 aliphatic carbocycles. The molecule has 27 heavy (non-hydrogen) atoms. The van der Waals surface area contributed by atoms with E-state index in [0.717, 1.165) is 35.6 Å². The molecule has 1 fully saturated rings. The highest BCUT2D eigenvalue weighted by Gasteiger charge is 2.30. The normalized spacial score (nSPS) is 20.2. The van der Waals surface area contributed by atoms with Gasteiger partial charge in [-0.25, -0.2) is 4.98 Å². The van der Waals surface area contributed by atoms with Crippen molar-refractivity contribution in [1.29, 1.82) is 0 Å². The van der Waals surface area contributed by atoms with Crippen molar-refractivity contribution in [3.05, 3.63) is 59.4 Å². The first kappa shape index (κ1) is 17.8. The third-order valence-corrected chi connectivity index (χ3v) is 5.45. The van der Waals surface area contributed by atoms with E-state index in [4.69, 9.17) is 4.98 Å². The van der Waals surface area contributed by atoms with Crippen LogP contribution in [0.3, 0.4) is 0 Å². The molecule has 4 heteroatoms. The number of fused-ring (bicyclic) bond motifs is 1. The first-order valence-corrected chi connectivity index (χ1v) is 9.77. The predicted octanol–water partition coefficient (Wildman–Crippen LogP) is 4.74.